The molecule has 0 aliphatic heterocycles. The van der Waals surface area contributed by atoms with Gasteiger partial charge in [-0.25, -0.2) is 4.79 Å². The summed E-state index contributed by atoms with van der Waals surface area (Å²) in [5.41, 5.74) is 4.13. The lowest BCUT2D eigenvalue weighted by Gasteiger charge is -2.11. The number of esters is 1. The third kappa shape index (κ3) is 5.83. The largest absolute Gasteiger partial charge is 0.465 e. The summed E-state index contributed by atoms with van der Waals surface area (Å²) in [6, 6.07) is 8.38. The zero-order valence-electron chi connectivity index (χ0n) is 18.7. The van der Waals surface area contributed by atoms with E-state index in [9.17, 15) is 4.79 Å². The predicted octanol–water partition coefficient (Wildman–Crippen LogP) is 6.32. The standard InChI is InChI=1S/C24H27BrN4O2S2/c1-15-9-11-16(12-10-15)13-29-14-18(25)21(28-29)26-24(32)27-22-20(23(30)31-2)17-7-5-3-4-6-8-19(17)33-22/h9-12,14H,3-8,13H2,1-2H3,(H2,26,27,28,32). The van der Waals surface area contributed by atoms with Crippen molar-refractivity contribution < 1.29 is 9.53 Å². The number of halogens is 1. The second kappa shape index (κ2) is 10.8. The molecule has 33 heavy (non-hydrogen) atoms. The molecule has 1 aliphatic carbocycles. The number of fused-ring (bicyclic) bond motifs is 1. The van der Waals surface area contributed by atoms with Gasteiger partial charge in [0.25, 0.3) is 0 Å². The number of carbonyl (C=O) groups excluding carboxylic acids is 1. The predicted molar refractivity (Wildman–Crippen MR) is 142 cm³/mol. The normalized spacial score (nSPS) is 13.5. The minimum Gasteiger partial charge on any atom is -0.465 e. The Bertz CT molecular complexity index is 1150. The molecule has 0 spiro atoms. The van der Waals surface area contributed by atoms with E-state index in [-0.39, 0.29) is 5.97 Å². The molecule has 1 aliphatic rings. The van der Waals surface area contributed by atoms with Crippen LogP contribution in [0.2, 0.25) is 0 Å². The molecule has 0 amide bonds. The number of aromatic nitrogens is 2. The summed E-state index contributed by atoms with van der Waals surface area (Å²) in [5.74, 6) is 0.302. The summed E-state index contributed by atoms with van der Waals surface area (Å²) in [6.07, 6.45) is 8.45. The number of hydrogen-bond acceptors (Lipinski definition) is 5. The number of benzene rings is 1. The maximum Gasteiger partial charge on any atom is 0.341 e. The Kier molecular flexibility index (Phi) is 7.82. The number of thiophene rings is 1. The van der Waals surface area contributed by atoms with Crippen molar-refractivity contribution in [3.63, 3.8) is 0 Å². The van der Waals surface area contributed by atoms with Crippen LogP contribution in [-0.2, 0) is 24.1 Å². The quantitative estimate of drug-likeness (QED) is 0.288. The zero-order valence-corrected chi connectivity index (χ0v) is 22.0. The van der Waals surface area contributed by atoms with Crippen molar-refractivity contribution in [1.82, 2.24) is 9.78 Å². The van der Waals surface area contributed by atoms with Crippen LogP contribution < -0.4 is 10.6 Å². The average Bonchev–Trinajstić information content (AvgIpc) is 3.28. The zero-order chi connectivity index (χ0) is 23.4. The minimum absolute atomic E-state index is 0.318. The van der Waals surface area contributed by atoms with Gasteiger partial charge in [-0.3, -0.25) is 4.68 Å². The SMILES string of the molecule is COC(=O)c1c(NC(=S)Nc2nn(Cc3ccc(C)cc3)cc2Br)sc2c1CCCCCC2. The Morgan fingerprint density at radius 3 is 2.64 bits per heavy atom. The van der Waals surface area contributed by atoms with Gasteiger partial charge in [-0.1, -0.05) is 42.7 Å². The molecule has 174 valence electrons. The van der Waals surface area contributed by atoms with E-state index in [0.717, 1.165) is 40.7 Å². The Morgan fingerprint density at radius 2 is 1.91 bits per heavy atom. The number of nitrogens with one attached hydrogen (secondary N) is 2. The van der Waals surface area contributed by atoms with Gasteiger partial charge in [0.15, 0.2) is 10.9 Å². The lowest BCUT2D eigenvalue weighted by atomic mass is 9.96. The molecule has 0 atom stereocenters. The molecule has 0 saturated heterocycles. The first-order valence-corrected chi connectivity index (χ1v) is 13.1. The van der Waals surface area contributed by atoms with Crippen LogP contribution in [0.25, 0.3) is 0 Å². The van der Waals surface area contributed by atoms with Gasteiger partial charge in [-0.05, 0) is 71.9 Å². The fraction of sp³-hybridized carbons (Fsp3) is 0.375. The van der Waals surface area contributed by atoms with Crippen molar-refractivity contribution >= 4 is 61.4 Å². The number of methoxy groups -OCH3 is 1. The molecule has 4 rings (SSSR count). The van der Waals surface area contributed by atoms with E-state index < -0.39 is 0 Å². The van der Waals surface area contributed by atoms with Crippen molar-refractivity contribution in [2.45, 2.75) is 52.0 Å². The second-order valence-corrected chi connectivity index (χ2v) is 10.6. The first-order valence-electron chi connectivity index (χ1n) is 11.0. The lowest BCUT2D eigenvalue weighted by molar-refractivity contribution is 0.0601. The first-order chi connectivity index (χ1) is 15.9. The Morgan fingerprint density at radius 1 is 1.18 bits per heavy atom. The number of ether oxygens (including phenoxy) is 1. The molecule has 2 N–H and O–H groups in total. The highest BCUT2D eigenvalue weighted by Crippen LogP contribution is 2.37. The second-order valence-electron chi connectivity index (χ2n) is 8.20. The Labute approximate surface area is 211 Å². The highest BCUT2D eigenvalue weighted by atomic mass is 79.9. The van der Waals surface area contributed by atoms with Gasteiger partial charge in [0.2, 0.25) is 0 Å². The van der Waals surface area contributed by atoms with Crippen LogP contribution in [0.15, 0.2) is 34.9 Å². The van der Waals surface area contributed by atoms with Gasteiger partial charge in [0.05, 0.1) is 23.7 Å². The number of aryl methyl sites for hydroxylation is 2. The van der Waals surface area contributed by atoms with Crippen LogP contribution in [-0.4, -0.2) is 28.0 Å². The average molecular weight is 548 g/mol. The fourth-order valence-electron chi connectivity index (χ4n) is 4.01. The molecule has 3 aromatic rings. The van der Waals surface area contributed by atoms with Gasteiger partial charge in [0.1, 0.15) is 5.00 Å². The van der Waals surface area contributed by atoms with E-state index in [1.165, 1.54) is 36.0 Å². The molecule has 0 bridgehead atoms. The van der Waals surface area contributed by atoms with Crippen molar-refractivity contribution in [2.75, 3.05) is 17.7 Å². The summed E-state index contributed by atoms with van der Waals surface area (Å²) in [5, 5.41) is 12.1. The monoisotopic (exact) mass is 546 g/mol. The van der Waals surface area contributed by atoms with Crippen LogP contribution in [0.1, 0.15) is 57.6 Å². The Balaban J connectivity index is 1.50. The van der Waals surface area contributed by atoms with E-state index in [4.69, 9.17) is 17.0 Å². The van der Waals surface area contributed by atoms with Crippen LogP contribution in [0, 0.1) is 6.92 Å². The summed E-state index contributed by atoms with van der Waals surface area (Å²) >= 11 is 10.7. The maximum atomic E-state index is 12.6. The van der Waals surface area contributed by atoms with Gasteiger partial charge in [-0.15, -0.1) is 11.3 Å². The number of carbonyl (C=O) groups is 1. The molecular formula is C24H27BrN4O2S2. The third-order valence-electron chi connectivity index (χ3n) is 5.70. The van der Waals surface area contributed by atoms with Gasteiger partial charge < -0.3 is 15.4 Å². The van der Waals surface area contributed by atoms with Crippen LogP contribution >= 0.6 is 39.5 Å². The van der Waals surface area contributed by atoms with Crippen LogP contribution in [0.3, 0.4) is 0 Å². The van der Waals surface area contributed by atoms with E-state index in [1.54, 1.807) is 11.3 Å². The third-order valence-corrected chi connectivity index (χ3v) is 7.69. The van der Waals surface area contributed by atoms with Crippen molar-refractivity contribution in [2.24, 2.45) is 0 Å². The fourth-order valence-corrected chi connectivity index (χ4v) is 5.97. The lowest BCUT2D eigenvalue weighted by Crippen LogP contribution is -2.21. The molecule has 0 radical (unpaired) electrons. The van der Waals surface area contributed by atoms with Crippen molar-refractivity contribution in [1.29, 1.82) is 0 Å². The number of hydrogen-bond donors (Lipinski definition) is 2. The molecule has 2 aromatic heterocycles. The number of nitrogens with zero attached hydrogens (tertiary/aromatic N) is 2. The highest BCUT2D eigenvalue weighted by Gasteiger charge is 2.25. The molecule has 0 unspecified atom stereocenters. The van der Waals surface area contributed by atoms with E-state index in [2.05, 4.69) is 62.9 Å². The maximum absolute atomic E-state index is 12.6. The van der Waals surface area contributed by atoms with Gasteiger partial charge in [-0.2, -0.15) is 5.10 Å². The van der Waals surface area contributed by atoms with Gasteiger partial charge in [0, 0.05) is 11.1 Å². The Hall–Kier alpha value is -2.23. The summed E-state index contributed by atoms with van der Waals surface area (Å²) in [7, 11) is 1.42. The molecular weight excluding hydrogens is 520 g/mol. The molecule has 9 heteroatoms. The van der Waals surface area contributed by atoms with Crippen LogP contribution in [0.4, 0.5) is 10.8 Å². The summed E-state index contributed by atoms with van der Waals surface area (Å²) in [6.45, 7) is 2.73. The number of rotatable bonds is 5. The highest BCUT2D eigenvalue weighted by molar-refractivity contribution is 9.10. The minimum atomic E-state index is -0.318. The molecule has 6 nitrogen and oxygen atoms in total. The topological polar surface area (TPSA) is 68.2 Å². The van der Waals surface area contributed by atoms with E-state index in [1.807, 2.05) is 10.9 Å². The van der Waals surface area contributed by atoms with Gasteiger partial charge >= 0.3 is 5.97 Å². The van der Waals surface area contributed by atoms with Crippen LogP contribution in [0.5, 0.6) is 0 Å². The smallest absolute Gasteiger partial charge is 0.341 e. The molecule has 0 fully saturated rings. The molecule has 2 heterocycles. The van der Waals surface area contributed by atoms with Crippen molar-refractivity contribution in [3.05, 3.63) is 62.1 Å². The molecule has 1 aromatic carbocycles. The number of thiocarbonyl (C=S) groups is 1. The van der Waals surface area contributed by atoms with E-state index >= 15 is 0 Å². The molecule has 0 saturated carbocycles. The first kappa shape index (κ1) is 23.9. The summed E-state index contributed by atoms with van der Waals surface area (Å²) in [4.78, 5) is 13.9. The van der Waals surface area contributed by atoms with E-state index in [0.29, 0.717) is 23.0 Å². The van der Waals surface area contributed by atoms with Crippen molar-refractivity contribution in [3.8, 4) is 0 Å². The summed E-state index contributed by atoms with van der Waals surface area (Å²) < 4.78 is 7.77. The number of anilines is 2.